The highest BCUT2D eigenvalue weighted by molar-refractivity contribution is 6.31. The van der Waals surface area contributed by atoms with Crippen LogP contribution < -0.4 is 5.32 Å². The highest BCUT2D eigenvalue weighted by Crippen LogP contribution is 2.24. The SMILES string of the molecule is CC(C)c1nc(Cl)cc(Nc2cc(Cl)ccc2F)n1. The first-order valence-corrected chi connectivity index (χ1v) is 6.48. The fraction of sp³-hybridized carbons (Fsp3) is 0.231. The lowest BCUT2D eigenvalue weighted by molar-refractivity contribution is 0.631. The van der Waals surface area contributed by atoms with Crippen molar-refractivity contribution < 1.29 is 4.39 Å². The van der Waals surface area contributed by atoms with Gasteiger partial charge in [0, 0.05) is 17.0 Å². The molecule has 0 aliphatic rings. The monoisotopic (exact) mass is 299 g/mol. The predicted octanol–water partition coefficient (Wildman–Crippen LogP) is 4.79. The fourth-order valence-electron chi connectivity index (χ4n) is 1.49. The van der Waals surface area contributed by atoms with Gasteiger partial charge in [-0.1, -0.05) is 37.0 Å². The first-order chi connectivity index (χ1) is 8.95. The van der Waals surface area contributed by atoms with E-state index in [4.69, 9.17) is 23.2 Å². The summed E-state index contributed by atoms with van der Waals surface area (Å²) in [5.74, 6) is 0.746. The standard InChI is InChI=1S/C13H12Cl2FN3/c1-7(2)13-18-11(15)6-12(19-13)17-10-5-8(14)3-4-9(10)16/h3-7H,1-2H3,(H,17,18,19). The maximum Gasteiger partial charge on any atom is 0.146 e. The molecular formula is C13H12Cl2FN3. The number of anilines is 2. The topological polar surface area (TPSA) is 37.8 Å². The minimum atomic E-state index is -0.412. The van der Waals surface area contributed by atoms with Crippen LogP contribution in [0.5, 0.6) is 0 Å². The Kier molecular flexibility index (Phi) is 4.22. The predicted molar refractivity (Wildman–Crippen MR) is 75.8 cm³/mol. The van der Waals surface area contributed by atoms with Gasteiger partial charge in [-0.05, 0) is 18.2 Å². The van der Waals surface area contributed by atoms with Crippen LogP contribution in [0.2, 0.25) is 10.2 Å². The highest BCUT2D eigenvalue weighted by atomic mass is 35.5. The zero-order valence-corrected chi connectivity index (χ0v) is 11.9. The lowest BCUT2D eigenvalue weighted by Crippen LogP contribution is -2.03. The van der Waals surface area contributed by atoms with Crippen molar-refractivity contribution >= 4 is 34.7 Å². The molecule has 1 heterocycles. The van der Waals surface area contributed by atoms with Gasteiger partial charge < -0.3 is 5.32 Å². The van der Waals surface area contributed by atoms with Crippen molar-refractivity contribution in [1.29, 1.82) is 0 Å². The minimum absolute atomic E-state index is 0.128. The molecule has 0 bridgehead atoms. The van der Waals surface area contributed by atoms with E-state index >= 15 is 0 Å². The summed E-state index contributed by atoms with van der Waals surface area (Å²) in [4.78, 5) is 8.39. The summed E-state index contributed by atoms with van der Waals surface area (Å²) < 4.78 is 13.6. The Labute approximate surface area is 120 Å². The van der Waals surface area contributed by atoms with Crippen molar-refractivity contribution in [2.75, 3.05) is 5.32 Å². The van der Waals surface area contributed by atoms with Crippen LogP contribution >= 0.6 is 23.2 Å². The van der Waals surface area contributed by atoms with E-state index in [2.05, 4.69) is 15.3 Å². The largest absolute Gasteiger partial charge is 0.338 e. The molecule has 0 saturated heterocycles. The summed E-state index contributed by atoms with van der Waals surface area (Å²) >= 11 is 11.8. The average Bonchev–Trinajstić information content (AvgIpc) is 2.33. The Bertz CT molecular complexity index is 602. The third-order valence-electron chi connectivity index (χ3n) is 2.42. The van der Waals surface area contributed by atoms with Crippen molar-refractivity contribution in [3.05, 3.63) is 46.1 Å². The molecular weight excluding hydrogens is 288 g/mol. The maximum absolute atomic E-state index is 13.6. The number of nitrogens with zero attached hydrogens (tertiary/aromatic N) is 2. The van der Waals surface area contributed by atoms with E-state index in [1.165, 1.54) is 24.3 Å². The van der Waals surface area contributed by atoms with Crippen LogP contribution in [0.1, 0.15) is 25.6 Å². The van der Waals surface area contributed by atoms with Crippen LogP contribution in [-0.4, -0.2) is 9.97 Å². The molecule has 0 saturated carbocycles. The normalized spacial score (nSPS) is 10.8. The third-order valence-corrected chi connectivity index (χ3v) is 2.85. The number of hydrogen-bond acceptors (Lipinski definition) is 3. The molecule has 6 heteroatoms. The van der Waals surface area contributed by atoms with Crippen LogP contribution in [0.25, 0.3) is 0 Å². The summed E-state index contributed by atoms with van der Waals surface area (Å²) in [5.41, 5.74) is 0.247. The Morgan fingerprint density at radius 3 is 2.58 bits per heavy atom. The second-order valence-electron chi connectivity index (χ2n) is 4.34. The number of nitrogens with one attached hydrogen (secondary N) is 1. The lowest BCUT2D eigenvalue weighted by Gasteiger charge is -2.10. The summed E-state index contributed by atoms with van der Waals surface area (Å²) in [6, 6.07) is 5.79. The fourth-order valence-corrected chi connectivity index (χ4v) is 1.85. The maximum atomic E-state index is 13.6. The second kappa shape index (κ2) is 5.72. The third kappa shape index (κ3) is 3.55. The molecule has 0 fully saturated rings. The van der Waals surface area contributed by atoms with Crippen molar-refractivity contribution in [1.82, 2.24) is 9.97 Å². The second-order valence-corrected chi connectivity index (χ2v) is 5.16. The molecule has 1 aromatic carbocycles. The van der Waals surface area contributed by atoms with Gasteiger partial charge in [0.1, 0.15) is 22.6 Å². The van der Waals surface area contributed by atoms with Crippen LogP contribution in [0.3, 0.4) is 0 Å². The molecule has 19 heavy (non-hydrogen) atoms. The Hall–Kier alpha value is -1.39. The molecule has 1 aromatic heterocycles. The Balaban J connectivity index is 2.35. The summed E-state index contributed by atoms with van der Waals surface area (Å²) in [6.07, 6.45) is 0. The van der Waals surface area contributed by atoms with E-state index in [1.54, 1.807) is 0 Å². The van der Waals surface area contributed by atoms with Gasteiger partial charge in [-0.2, -0.15) is 0 Å². The number of aromatic nitrogens is 2. The molecule has 1 N–H and O–H groups in total. The molecule has 0 unspecified atom stereocenters. The van der Waals surface area contributed by atoms with Gasteiger partial charge in [-0.15, -0.1) is 0 Å². The quantitative estimate of drug-likeness (QED) is 0.828. The van der Waals surface area contributed by atoms with Crippen molar-refractivity contribution in [2.45, 2.75) is 19.8 Å². The van der Waals surface area contributed by atoms with Crippen molar-refractivity contribution in [3.63, 3.8) is 0 Å². The van der Waals surface area contributed by atoms with Gasteiger partial charge in [-0.3, -0.25) is 0 Å². The number of halogens is 3. The lowest BCUT2D eigenvalue weighted by atomic mass is 10.2. The minimum Gasteiger partial charge on any atom is -0.338 e. The zero-order chi connectivity index (χ0) is 14.0. The number of rotatable bonds is 3. The van der Waals surface area contributed by atoms with Gasteiger partial charge in [0.2, 0.25) is 0 Å². The van der Waals surface area contributed by atoms with E-state index in [9.17, 15) is 4.39 Å². The van der Waals surface area contributed by atoms with Gasteiger partial charge in [-0.25, -0.2) is 14.4 Å². The van der Waals surface area contributed by atoms with Crippen LogP contribution in [0, 0.1) is 5.82 Å². The summed E-state index contributed by atoms with van der Waals surface area (Å²) in [7, 11) is 0. The van der Waals surface area contributed by atoms with Crippen LogP contribution in [0.15, 0.2) is 24.3 Å². The van der Waals surface area contributed by atoms with E-state index in [0.29, 0.717) is 21.8 Å². The average molecular weight is 300 g/mol. The van der Waals surface area contributed by atoms with Gasteiger partial charge >= 0.3 is 0 Å². The van der Waals surface area contributed by atoms with Crippen molar-refractivity contribution in [3.8, 4) is 0 Å². The molecule has 0 aliphatic carbocycles. The van der Waals surface area contributed by atoms with E-state index in [-0.39, 0.29) is 11.6 Å². The molecule has 0 radical (unpaired) electrons. The van der Waals surface area contributed by atoms with Crippen LogP contribution in [0.4, 0.5) is 15.9 Å². The number of hydrogen-bond donors (Lipinski definition) is 1. The molecule has 0 aliphatic heterocycles. The molecule has 0 amide bonds. The number of benzene rings is 1. The molecule has 2 aromatic rings. The first-order valence-electron chi connectivity index (χ1n) is 5.72. The molecule has 0 spiro atoms. The molecule has 2 rings (SSSR count). The van der Waals surface area contributed by atoms with E-state index in [0.717, 1.165) is 0 Å². The van der Waals surface area contributed by atoms with Gasteiger partial charge in [0.15, 0.2) is 0 Å². The smallest absolute Gasteiger partial charge is 0.146 e. The van der Waals surface area contributed by atoms with E-state index < -0.39 is 5.82 Å². The Morgan fingerprint density at radius 1 is 1.16 bits per heavy atom. The molecule has 100 valence electrons. The van der Waals surface area contributed by atoms with Gasteiger partial charge in [0.25, 0.3) is 0 Å². The molecule has 3 nitrogen and oxygen atoms in total. The van der Waals surface area contributed by atoms with E-state index in [1.807, 2.05) is 13.8 Å². The van der Waals surface area contributed by atoms with Crippen molar-refractivity contribution in [2.24, 2.45) is 0 Å². The highest BCUT2D eigenvalue weighted by Gasteiger charge is 2.09. The Morgan fingerprint density at radius 2 is 1.89 bits per heavy atom. The zero-order valence-electron chi connectivity index (χ0n) is 10.4. The van der Waals surface area contributed by atoms with Crippen LogP contribution in [-0.2, 0) is 0 Å². The summed E-state index contributed by atoms with van der Waals surface area (Å²) in [6.45, 7) is 3.91. The summed E-state index contributed by atoms with van der Waals surface area (Å²) in [5, 5.41) is 3.60. The molecule has 0 atom stereocenters. The first kappa shape index (κ1) is 14.0. The van der Waals surface area contributed by atoms with Gasteiger partial charge in [0.05, 0.1) is 5.69 Å².